The second kappa shape index (κ2) is 9.32. The predicted octanol–water partition coefficient (Wildman–Crippen LogP) is 2.91. The van der Waals surface area contributed by atoms with Crippen molar-refractivity contribution >= 4 is 39.6 Å². The normalized spacial score (nSPS) is 10.1. The van der Waals surface area contributed by atoms with E-state index in [1.807, 2.05) is 24.3 Å². The van der Waals surface area contributed by atoms with Crippen molar-refractivity contribution in [1.82, 2.24) is 10.3 Å². The van der Waals surface area contributed by atoms with Crippen LogP contribution in [0.15, 0.2) is 58.2 Å². The quantitative estimate of drug-likeness (QED) is 0.444. The van der Waals surface area contributed by atoms with Crippen LogP contribution in [0.2, 0.25) is 0 Å². The van der Waals surface area contributed by atoms with Gasteiger partial charge in [-0.3, -0.25) is 9.78 Å². The number of thioether (sulfide) groups is 1. The number of carbonyl (C=O) groups excluding carboxylic acids is 2. The average molecular weight is 395 g/mol. The summed E-state index contributed by atoms with van der Waals surface area (Å²) in [5, 5.41) is 2.71. The van der Waals surface area contributed by atoms with E-state index in [1.54, 1.807) is 11.8 Å². The zero-order chi connectivity index (χ0) is 16.5. The third-order valence-corrected chi connectivity index (χ3v) is 4.30. The van der Waals surface area contributed by atoms with Crippen molar-refractivity contribution in [2.45, 2.75) is 4.90 Å². The van der Waals surface area contributed by atoms with Gasteiger partial charge in [0.1, 0.15) is 0 Å². The van der Waals surface area contributed by atoms with Gasteiger partial charge in [0.05, 0.1) is 5.56 Å². The van der Waals surface area contributed by atoms with Crippen molar-refractivity contribution in [1.29, 1.82) is 0 Å². The van der Waals surface area contributed by atoms with E-state index in [0.717, 1.165) is 15.1 Å². The van der Waals surface area contributed by atoms with Crippen molar-refractivity contribution < 1.29 is 14.3 Å². The molecule has 120 valence electrons. The van der Waals surface area contributed by atoms with Gasteiger partial charge in [-0.25, -0.2) is 4.79 Å². The number of carbonyl (C=O) groups is 2. The third kappa shape index (κ3) is 6.42. The highest BCUT2D eigenvalue weighted by molar-refractivity contribution is 9.10. The SMILES string of the molecule is O=C(COC(=O)c1ccncc1)NCCSc1ccc(Br)cc1. The Balaban J connectivity index is 1.62. The van der Waals surface area contributed by atoms with Crippen LogP contribution < -0.4 is 5.32 Å². The number of hydrogen-bond acceptors (Lipinski definition) is 5. The molecule has 0 aliphatic carbocycles. The standard InChI is InChI=1S/C16H15BrN2O3S/c17-13-1-3-14(4-2-13)23-10-9-19-15(20)11-22-16(21)12-5-7-18-8-6-12/h1-8H,9-11H2,(H,19,20). The smallest absolute Gasteiger partial charge is 0.338 e. The van der Waals surface area contributed by atoms with Gasteiger partial charge >= 0.3 is 5.97 Å². The topological polar surface area (TPSA) is 68.3 Å². The van der Waals surface area contributed by atoms with Crippen LogP contribution in [0.4, 0.5) is 0 Å². The highest BCUT2D eigenvalue weighted by Gasteiger charge is 2.09. The van der Waals surface area contributed by atoms with Gasteiger partial charge in [0.25, 0.3) is 5.91 Å². The minimum Gasteiger partial charge on any atom is -0.452 e. The Morgan fingerprint density at radius 3 is 2.52 bits per heavy atom. The van der Waals surface area contributed by atoms with Gasteiger partial charge in [-0.05, 0) is 36.4 Å². The summed E-state index contributed by atoms with van der Waals surface area (Å²) in [4.78, 5) is 28.2. The van der Waals surface area contributed by atoms with E-state index >= 15 is 0 Å². The fraction of sp³-hybridized carbons (Fsp3) is 0.188. The molecule has 7 heteroatoms. The molecule has 23 heavy (non-hydrogen) atoms. The maximum Gasteiger partial charge on any atom is 0.338 e. The molecule has 2 rings (SSSR count). The highest BCUT2D eigenvalue weighted by atomic mass is 79.9. The Morgan fingerprint density at radius 2 is 1.83 bits per heavy atom. The van der Waals surface area contributed by atoms with Crippen LogP contribution >= 0.6 is 27.7 Å². The molecule has 1 aromatic heterocycles. The maximum atomic E-state index is 11.7. The number of esters is 1. The number of rotatable bonds is 7. The number of hydrogen-bond donors (Lipinski definition) is 1. The van der Waals surface area contributed by atoms with Crippen molar-refractivity contribution in [3.63, 3.8) is 0 Å². The molecule has 1 aromatic carbocycles. The molecule has 0 radical (unpaired) electrons. The van der Waals surface area contributed by atoms with Crippen LogP contribution in [0.25, 0.3) is 0 Å². The first-order valence-corrected chi connectivity index (χ1v) is 8.65. The molecule has 5 nitrogen and oxygen atoms in total. The number of ether oxygens (including phenoxy) is 1. The molecule has 1 heterocycles. The first-order valence-electron chi connectivity index (χ1n) is 6.87. The van der Waals surface area contributed by atoms with Crippen molar-refractivity contribution in [3.8, 4) is 0 Å². The number of benzene rings is 1. The summed E-state index contributed by atoms with van der Waals surface area (Å²) in [6, 6.07) is 11.0. The second-order valence-corrected chi connectivity index (χ2v) is 6.55. The van der Waals surface area contributed by atoms with Gasteiger partial charge in [-0.2, -0.15) is 0 Å². The molecule has 0 fully saturated rings. The Labute approximate surface area is 147 Å². The molecule has 1 amide bonds. The number of amides is 1. The molecule has 0 saturated carbocycles. The lowest BCUT2D eigenvalue weighted by Gasteiger charge is -2.06. The van der Waals surface area contributed by atoms with Crippen LogP contribution in [0.3, 0.4) is 0 Å². The van der Waals surface area contributed by atoms with E-state index in [0.29, 0.717) is 12.1 Å². The molecule has 0 aliphatic rings. The fourth-order valence-electron chi connectivity index (χ4n) is 1.64. The first kappa shape index (κ1) is 17.5. The number of aromatic nitrogens is 1. The lowest BCUT2D eigenvalue weighted by molar-refractivity contribution is -0.124. The Hall–Kier alpha value is -1.86. The maximum absolute atomic E-state index is 11.7. The molecule has 0 bridgehead atoms. The number of pyridine rings is 1. The van der Waals surface area contributed by atoms with Gasteiger partial charge in [0, 0.05) is 34.1 Å². The van der Waals surface area contributed by atoms with Crippen LogP contribution in [-0.4, -0.2) is 35.8 Å². The molecule has 0 saturated heterocycles. The van der Waals surface area contributed by atoms with Crippen molar-refractivity contribution in [2.24, 2.45) is 0 Å². The second-order valence-electron chi connectivity index (χ2n) is 4.46. The molecule has 0 unspecified atom stereocenters. The van der Waals surface area contributed by atoms with E-state index in [1.165, 1.54) is 24.5 Å². The van der Waals surface area contributed by atoms with Crippen LogP contribution in [0.5, 0.6) is 0 Å². The Bertz CT molecular complexity index is 650. The zero-order valence-electron chi connectivity index (χ0n) is 12.2. The van der Waals surface area contributed by atoms with E-state index in [9.17, 15) is 9.59 Å². The van der Waals surface area contributed by atoms with E-state index in [-0.39, 0.29) is 12.5 Å². The summed E-state index contributed by atoms with van der Waals surface area (Å²) in [6.07, 6.45) is 2.99. The van der Waals surface area contributed by atoms with Gasteiger partial charge in [-0.15, -0.1) is 11.8 Å². The zero-order valence-corrected chi connectivity index (χ0v) is 14.6. The van der Waals surface area contributed by atoms with Gasteiger partial charge in [-0.1, -0.05) is 15.9 Å². The molecule has 0 aliphatic heterocycles. The first-order chi connectivity index (χ1) is 11.1. The van der Waals surface area contributed by atoms with Crippen LogP contribution in [0.1, 0.15) is 10.4 Å². The predicted molar refractivity (Wildman–Crippen MR) is 92.4 cm³/mol. The number of halogens is 1. The third-order valence-electron chi connectivity index (χ3n) is 2.76. The highest BCUT2D eigenvalue weighted by Crippen LogP contribution is 2.19. The summed E-state index contributed by atoms with van der Waals surface area (Å²) >= 11 is 5.02. The fourth-order valence-corrected chi connectivity index (χ4v) is 2.68. The van der Waals surface area contributed by atoms with E-state index < -0.39 is 5.97 Å². The number of nitrogens with zero attached hydrogens (tertiary/aromatic N) is 1. The Morgan fingerprint density at radius 1 is 1.13 bits per heavy atom. The average Bonchev–Trinajstić information content (AvgIpc) is 2.59. The van der Waals surface area contributed by atoms with Crippen molar-refractivity contribution in [2.75, 3.05) is 18.9 Å². The minimum atomic E-state index is -0.535. The molecule has 0 atom stereocenters. The summed E-state index contributed by atoms with van der Waals surface area (Å²) < 4.78 is 5.96. The summed E-state index contributed by atoms with van der Waals surface area (Å²) in [5.41, 5.74) is 0.374. The minimum absolute atomic E-state index is 0.288. The largest absolute Gasteiger partial charge is 0.452 e. The molecular weight excluding hydrogens is 380 g/mol. The van der Waals surface area contributed by atoms with Crippen LogP contribution in [-0.2, 0) is 9.53 Å². The Kier molecular flexibility index (Phi) is 7.09. The van der Waals surface area contributed by atoms with Crippen molar-refractivity contribution in [3.05, 3.63) is 58.8 Å². The molecular formula is C16H15BrN2O3S. The lowest BCUT2D eigenvalue weighted by atomic mass is 10.3. The molecule has 2 aromatic rings. The lowest BCUT2D eigenvalue weighted by Crippen LogP contribution is -2.30. The summed E-state index contributed by atoms with van der Waals surface area (Å²) in [6.45, 7) is 0.219. The van der Waals surface area contributed by atoms with Crippen LogP contribution in [0, 0.1) is 0 Å². The number of nitrogens with one attached hydrogen (secondary N) is 1. The van der Waals surface area contributed by atoms with Gasteiger partial charge in [0.2, 0.25) is 0 Å². The monoisotopic (exact) mass is 394 g/mol. The summed E-state index contributed by atoms with van der Waals surface area (Å²) in [7, 11) is 0. The van der Waals surface area contributed by atoms with Gasteiger partial charge < -0.3 is 10.1 Å². The van der Waals surface area contributed by atoms with Gasteiger partial charge in [0.15, 0.2) is 6.61 Å². The molecule has 1 N–H and O–H groups in total. The summed E-state index contributed by atoms with van der Waals surface area (Å²) in [5.74, 6) is -0.110. The van der Waals surface area contributed by atoms with E-state index in [2.05, 4.69) is 26.2 Å². The molecule has 0 spiro atoms. The van der Waals surface area contributed by atoms with E-state index in [4.69, 9.17) is 4.74 Å².